The maximum Gasteiger partial charge on any atom is 0.284 e. The molecule has 0 unspecified atom stereocenters. The highest BCUT2D eigenvalue weighted by Gasteiger charge is 2.37. The molecule has 0 spiro atoms. The van der Waals surface area contributed by atoms with Crippen LogP contribution >= 0.6 is 0 Å². The first-order chi connectivity index (χ1) is 11.9. The summed E-state index contributed by atoms with van der Waals surface area (Å²) in [5, 5.41) is 1.30. The van der Waals surface area contributed by atoms with Gasteiger partial charge >= 0.3 is 0 Å². The first-order valence-corrected chi connectivity index (χ1v) is 8.96. The Labute approximate surface area is 142 Å². The molecule has 0 saturated carbocycles. The number of carbonyl (C=O) groups excluding carboxylic acids is 1. The van der Waals surface area contributed by atoms with Crippen molar-refractivity contribution in [1.82, 2.24) is 4.98 Å². The Morgan fingerprint density at radius 3 is 2.60 bits per heavy atom. The third kappa shape index (κ3) is 1.84. The van der Waals surface area contributed by atoms with Crippen molar-refractivity contribution in [3.8, 4) is 5.69 Å². The first kappa shape index (κ1) is 14.3. The van der Waals surface area contributed by atoms with Gasteiger partial charge in [-0.1, -0.05) is 12.1 Å². The quantitative estimate of drug-likeness (QED) is 0.370. The Kier molecular flexibility index (Phi) is 2.60. The van der Waals surface area contributed by atoms with E-state index >= 15 is 0 Å². The van der Waals surface area contributed by atoms with Crippen molar-refractivity contribution >= 4 is 37.7 Å². The standard InChI is InChI=1S/C18H10N2O4S/c21-18-12-3-1-2-4-15(12)20-8-7-11-13-9-10(25(22,23)24)5-6-14(13)19-16(11)17(18)20/h1-9H,(H,22,23,24). The van der Waals surface area contributed by atoms with E-state index in [0.717, 1.165) is 5.69 Å². The third-order valence-electron chi connectivity index (χ3n) is 4.59. The molecule has 4 aromatic rings. The molecule has 2 aromatic carbocycles. The van der Waals surface area contributed by atoms with Crippen LogP contribution in [-0.2, 0) is 10.1 Å². The SMILES string of the molecule is O=C1c2ccccc2-[n+]2ccc3c([nH]c4ccc(S(=O)(=O)[O-])cc43)c21. The van der Waals surface area contributed by atoms with E-state index in [9.17, 15) is 17.8 Å². The van der Waals surface area contributed by atoms with Gasteiger partial charge in [0.25, 0.3) is 11.5 Å². The summed E-state index contributed by atoms with van der Waals surface area (Å²) in [5.41, 5.74) is 3.23. The monoisotopic (exact) mass is 350 g/mol. The average Bonchev–Trinajstić information content (AvgIpc) is 3.10. The lowest BCUT2D eigenvalue weighted by Crippen LogP contribution is -2.31. The van der Waals surface area contributed by atoms with Gasteiger partial charge in [-0.25, -0.2) is 8.42 Å². The Balaban J connectivity index is 1.89. The van der Waals surface area contributed by atoms with E-state index in [-0.39, 0.29) is 10.7 Å². The Hall–Kier alpha value is -3.03. The van der Waals surface area contributed by atoms with E-state index in [0.29, 0.717) is 33.1 Å². The highest BCUT2D eigenvalue weighted by atomic mass is 32.2. The number of nitrogens with zero attached hydrogens (tertiary/aromatic N) is 1. The fourth-order valence-electron chi connectivity index (χ4n) is 3.48. The summed E-state index contributed by atoms with van der Waals surface area (Å²) in [7, 11) is -4.54. The van der Waals surface area contributed by atoms with Crippen LogP contribution in [0.25, 0.3) is 27.5 Å². The van der Waals surface area contributed by atoms with Crippen LogP contribution in [0, 0.1) is 0 Å². The minimum Gasteiger partial charge on any atom is -0.744 e. The minimum absolute atomic E-state index is 0.0931. The van der Waals surface area contributed by atoms with Crippen molar-refractivity contribution in [2.45, 2.75) is 4.90 Å². The van der Waals surface area contributed by atoms with Gasteiger partial charge in [0.1, 0.15) is 21.2 Å². The van der Waals surface area contributed by atoms with Crippen molar-refractivity contribution < 1.29 is 22.3 Å². The smallest absolute Gasteiger partial charge is 0.284 e. The molecule has 1 N–H and O–H groups in total. The van der Waals surface area contributed by atoms with E-state index in [1.165, 1.54) is 12.1 Å². The van der Waals surface area contributed by atoms with Crippen LogP contribution in [0.3, 0.4) is 0 Å². The van der Waals surface area contributed by atoms with Crippen molar-refractivity contribution in [3.63, 3.8) is 0 Å². The van der Waals surface area contributed by atoms with Gasteiger partial charge < -0.3 is 9.54 Å². The molecule has 6 nitrogen and oxygen atoms in total. The van der Waals surface area contributed by atoms with Crippen molar-refractivity contribution in [3.05, 3.63) is 66.0 Å². The van der Waals surface area contributed by atoms with Crippen LogP contribution in [0.1, 0.15) is 16.1 Å². The summed E-state index contributed by atoms with van der Waals surface area (Å²) in [4.78, 5) is 15.7. The summed E-state index contributed by atoms with van der Waals surface area (Å²) in [6.07, 6.45) is 1.78. The van der Waals surface area contributed by atoms with Gasteiger partial charge in [0.05, 0.1) is 4.90 Å². The van der Waals surface area contributed by atoms with Crippen LogP contribution in [0.2, 0.25) is 0 Å². The highest BCUT2D eigenvalue weighted by Crippen LogP contribution is 2.32. The fraction of sp³-hybridized carbons (Fsp3) is 0. The molecule has 2 aromatic heterocycles. The van der Waals surface area contributed by atoms with Crippen LogP contribution in [0.4, 0.5) is 0 Å². The molecule has 1 aliphatic heterocycles. The lowest BCUT2D eigenvalue weighted by Gasteiger charge is -2.06. The number of hydrogen-bond acceptors (Lipinski definition) is 4. The number of rotatable bonds is 1. The molecule has 1 aliphatic rings. The number of hydrogen-bond donors (Lipinski definition) is 1. The summed E-state index contributed by atoms with van der Waals surface area (Å²) in [6.45, 7) is 0. The van der Waals surface area contributed by atoms with E-state index in [2.05, 4.69) is 4.98 Å². The number of benzene rings is 2. The molecule has 0 aliphatic carbocycles. The number of carbonyl (C=O) groups is 1. The van der Waals surface area contributed by atoms with Crippen molar-refractivity contribution in [2.24, 2.45) is 0 Å². The summed E-state index contributed by atoms with van der Waals surface area (Å²) in [6, 6.07) is 13.3. The van der Waals surface area contributed by atoms with E-state index in [1.54, 1.807) is 18.3 Å². The van der Waals surface area contributed by atoms with Gasteiger partial charge in [0, 0.05) is 28.4 Å². The number of aromatic nitrogens is 2. The molecule has 0 atom stereocenters. The second-order valence-corrected chi connectivity index (χ2v) is 7.34. The largest absolute Gasteiger partial charge is 0.744 e. The number of nitrogens with one attached hydrogen (secondary N) is 1. The Bertz CT molecular complexity index is 1340. The molecule has 0 saturated heterocycles. The molecule has 122 valence electrons. The zero-order valence-corrected chi connectivity index (χ0v) is 13.5. The maximum absolute atomic E-state index is 12.8. The van der Waals surface area contributed by atoms with E-state index in [1.807, 2.05) is 28.8 Å². The molecule has 0 amide bonds. The number of pyridine rings is 1. The number of aromatic amines is 1. The Morgan fingerprint density at radius 1 is 1.00 bits per heavy atom. The van der Waals surface area contributed by atoms with Gasteiger partial charge in [0.15, 0.2) is 6.20 Å². The average molecular weight is 350 g/mol. The number of para-hydroxylation sites is 1. The second-order valence-electron chi connectivity index (χ2n) is 5.96. The van der Waals surface area contributed by atoms with Gasteiger partial charge in [-0.15, -0.1) is 0 Å². The second kappa shape index (κ2) is 4.53. The van der Waals surface area contributed by atoms with Crippen molar-refractivity contribution in [1.29, 1.82) is 0 Å². The molecule has 5 rings (SSSR count). The normalized spacial score (nSPS) is 13.4. The van der Waals surface area contributed by atoms with Crippen LogP contribution in [0.5, 0.6) is 0 Å². The van der Waals surface area contributed by atoms with E-state index < -0.39 is 10.1 Å². The fourth-order valence-corrected chi connectivity index (χ4v) is 3.98. The van der Waals surface area contributed by atoms with Crippen molar-refractivity contribution in [2.75, 3.05) is 0 Å². The topological polar surface area (TPSA) is 93.9 Å². The minimum atomic E-state index is -4.54. The lowest BCUT2D eigenvalue weighted by atomic mass is 10.1. The van der Waals surface area contributed by atoms with Crippen LogP contribution < -0.4 is 4.57 Å². The Morgan fingerprint density at radius 2 is 1.80 bits per heavy atom. The maximum atomic E-state index is 12.8. The predicted molar refractivity (Wildman–Crippen MR) is 88.7 cm³/mol. The summed E-state index contributed by atoms with van der Waals surface area (Å²) < 4.78 is 35.7. The molecule has 0 bridgehead atoms. The zero-order chi connectivity index (χ0) is 17.3. The van der Waals surface area contributed by atoms with Crippen LogP contribution in [0.15, 0.2) is 59.6 Å². The molecule has 0 fully saturated rings. The molecule has 0 radical (unpaired) electrons. The molecule has 3 heterocycles. The highest BCUT2D eigenvalue weighted by molar-refractivity contribution is 7.85. The van der Waals surface area contributed by atoms with Gasteiger partial charge in [-0.05, 0) is 24.3 Å². The predicted octanol–water partition coefficient (Wildman–Crippen LogP) is 2.05. The first-order valence-electron chi connectivity index (χ1n) is 7.55. The number of fused-ring (bicyclic) bond motifs is 7. The van der Waals surface area contributed by atoms with Gasteiger partial charge in [0.2, 0.25) is 5.69 Å². The zero-order valence-electron chi connectivity index (χ0n) is 12.7. The van der Waals surface area contributed by atoms with Crippen LogP contribution in [-0.4, -0.2) is 23.7 Å². The molecular formula is C18H10N2O4S. The summed E-state index contributed by atoms with van der Waals surface area (Å²) >= 11 is 0. The summed E-state index contributed by atoms with van der Waals surface area (Å²) in [5.74, 6) is -0.0931. The molecule has 7 heteroatoms. The molecule has 25 heavy (non-hydrogen) atoms. The molecular weight excluding hydrogens is 340 g/mol. The third-order valence-corrected chi connectivity index (χ3v) is 5.42. The number of H-pyrrole nitrogens is 1. The van der Waals surface area contributed by atoms with E-state index in [4.69, 9.17) is 0 Å². The lowest BCUT2D eigenvalue weighted by molar-refractivity contribution is -0.592. The van der Waals surface area contributed by atoms with Gasteiger partial charge in [-0.2, -0.15) is 4.57 Å². The number of ketones is 1. The van der Waals surface area contributed by atoms with Gasteiger partial charge in [-0.3, -0.25) is 4.79 Å².